The quantitative estimate of drug-likeness (QED) is 0.0560. The summed E-state index contributed by atoms with van der Waals surface area (Å²) in [7, 11) is 0. The van der Waals surface area contributed by atoms with Crippen LogP contribution < -0.4 is 19.9 Å². The highest BCUT2D eigenvalue weighted by atomic mass is 32.1. The van der Waals surface area contributed by atoms with Crippen LogP contribution in [0.1, 0.15) is 64.3 Å². The van der Waals surface area contributed by atoms with Crippen LogP contribution in [0.15, 0.2) is 96.5 Å². The van der Waals surface area contributed by atoms with Crippen LogP contribution in [0.5, 0.6) is 5.75 Å². The molecule has 15 heteroatoms. The maximum absolute atomic E-state index is 14.0. The molecule has 2 aliphatic heterocycles. The number of aryl methyl sites for hydroxylation is 3. The number of carbonyl (C=O) groups is 4. The predicted molar refractivity (Wildman–Crippen MR) is 265 cm³/mol. The van der Waals surface area contributed by atoms with Gasteiger partial charge in [-0.3, -0.25) is 24.1 Å². The fourth-order valence-corrected chi connectivity index (χ4v) is 9.84. The molecule has 13 nitrogen and oxygen atoms in total. The molecule has 0 bridgehead atoms. The minimum Gasteiger partial charge on any atom is -0.491 e. The highest BCUT2D eigenvalue weighted by Crippen LogP contribution is 2.39. The second-order valence-electron chi connectivity index (χ2n) is 18.6. The average Bonchev–Trinajstić information content (AvgIpc) is 3.96. The summed E-state index contributed by atoms with van der Waals surface area (Å²) in [5.74, 6) is -0.563. The molecule has 1 aromatic heterocycles. The number of rotatable bonds is 16. The minimum absolute atomic E-state index is 0.0133. The number of carbonyl (C=O) groups excluding carboxylic acids is 4. The first-order valence-electron chi connectivity index (χ1n) is 22.2. The Kier molecular flexibility index (Phi) is 14.7. The van der Waals surface area contributed by atoms with Gasteiger partial charge in [0.25, 0.3) is 5.91 Å². The van der Waals surface area contributed by atoms with Crippen molar-refractivity contribution in [2.45, 2.75) is 91.5 Å². The Morgan fingerprint density at radius 1 is 0.955 bits per heavy atom. The molecule has 67 heavy (non-hydrogen) atoms. The number of amides is 3. The van der Waals surface area contributed by atoms with E-state index in [9.17, 15) is 24.3 Å². The zero-order valence-electron chi connectivity index (χ0n) is 38.9. The van der Waals surface area contributed by atoms with E-state index in [0.717, 1.165) is 44.1 Å². The third-order valence-electron chi connectivity index (χ3n) is 12.2. The van der Waals surface area contributed by atoms with Gasteiger partial charge in [-0.15, -0.1) is 11.3 Å². The van der Waals surface area contributed by atoms with Gasteiger partial charge in [-0.25, -0.2) is 9.83 Å². The van der Waals surface area contributed by atoms with E-state index in [4.69, 9.17) is 28.3 Å². The van der Waals surface area contributed by atoms with Crippen LogP contribution in [0, 0.1) is 25.8 Å². The molecule has 2 fully saturated rings. The van der Waals surface area contributed by atoms with Gasteiger partial charge in [0.2, 0.25) is 11.8 Å². The lowest BCUT2D eigenvalue weighted by Crippen LogP contribution is -2.57. The number of nitrogens with zero attached hydrogens (tertiary/aromatic N) is 5. The number of nitrogens with one attached hydrogen (secondary N) is 1. The lowest BCUT2D eigenvalue weighted by molar-refractivity contribution is -0.144. The van der Waals surface area contributed by atoms with Crippen LogP contribution in [0.2, 0.25) is 0 Å². The number of hydrogen-bond acceptors (Lipinski definition) is 10. The summed E-state index contributed by atoms with van der Waals surface area (Å²) in [6, 6.07) is 27.0. The number of likely N-dealkylation sites (tertiary alicyclic amines) is 1. The maximum atomic E-state index is 14.0. The van der Waals surface area contributed by atoms with E-state index < -0.39 is 41.0 Å². The van der Waals surface area contributed by atoms with E-state index in [-0.39, 0.29) is 50.9 Å². The maximum Gasteiger partial charge on any atom is 0.259 e. The smallest absolute Gasteiger partial charge is 0.259 e. The molecule has 0 spiro atoms. The van der Waals surface area contributed by atoms with E-state index in [1.165, 1.54) is 9.80 Å². The van der Waals surface area contributed by atoms with Gasteiger partial charge in [0.05, 0.1) is 41.4 Å². The van der Waals surface area contributed by atoms with E-state index in [1.807, 2.05) is 138 Å². The number of thiazole rings is 1. The van der Waals surface area contributed by atoms with Crippen molar-refractivity contribution in [3.05, 3.63) is 125 Å². The first kappa shape index (κ1) is 48.6. The summed E-state index contributed by atoms with van der Waals surface area (Å²) in [6.07, 6.45) is 0.0187. The van der Waals surface area contributed by atoms with E-state index >= 15 is 0 Å². The van der Waals surface area contributed by atoms with Gasteiger partial charge in [-0.1, -0.05) is 75.4 Å². The van der Waals surface area contributed by atoms with Gasteiger partial charge < -0.3 is 29.7 Å². The van der Waals surface area contributed by atoms with Gasteiger partial charge in [0.1, 0.15) is 30.5 Å². The van der Waals surface area contributed by atoms with Crippen LogP contribution in [0.4, 0.5) is 17.1 Å². The molecule has 0 unspecified atom stereocenters. The van der Waals surface area contributed by atoms with Crippen molar-refractivity contribution in [2.75, 3.05) is 36.2 Å². The SMILES string of the molecule is [C-]#[N+]c1ccc(N2C(=O)C(C)(C)N(c3ccc(-c4ccc(OCCOCC(=O)N[C@H](C(=O)N5C[C@H](O)C[C@H]5C(=O)CCc5ccc(-c6scnc6C)cc5)C(C)(C)C)cc4)cc3)C2=S)cc1C. The number of Topliss-reactive ketones (excluding diaryl/α,β-unsaturated/α-hetero) is 1. The minimum atomic E-state index is -0.956. The Bertz CT molecular complexity index is 2690. The number of ether oxygens (including phenoxy) is 2. The summed E-state index contributed by atoms with van der Waals surface area (Å²) < 4.78 is 11.5. The highest BCUT2D eigenvalue weighted by molar-refractivity contribution is 7.81. The normalized spacial score (nSPS) is 17.4. The Labute approximate surface area is 401 Å². The predicted octanol–water partition coefficient (Wildman–Crippen LogP) is 8.65. The van der Waals surface area contributed by atoms with E-state index in [1.54, 1.807) is 23.5 Å². The Balaban J connectivity index is 0.871. The molecule has 0 saturated carbocycles. The van der Waals surface area contributed by atoms with Gasteiger partial charge >= 0.3 is 0 Å². The van der Waals surface area contributed by atoms with Gasteiger partial charge in [-0.2, -0.15) is 0 Å². The summed E-state index contributed by atoms with van der Waals surface area (Å²) in [5, 5.41) is 13.8. The Hall–Kier alpha value is -6.31. The zero-order chi connectivity index (χ0) is 48.2. The monoisotopic (exact) mass is 940 g/mol. The highest BCUT2D eigenvalue weighted by Gasteiger charge is 2.50. The lowest BCUT2D eigenvalue weighted by atomic mass is 9.85. The molecular formula is C52H56N6O7S2. The third kappa shape index (κ3) is 10.8. The fourth-order valence-electron chi connectivity index (χ4n) is 8.51. The summed E-state index contributed by atoms with van der Waals surface area (Å²) in [4.78, 5) is 68.2. The Morgan fingerprint density at radius 2 is 1.60 bits per heavy atom. The van der Waals surface area contributed by atoms with Gasteiger partial charge in [-0.05, 0) is 116 Å². The molecule has 348 valence electrons. The van der Waals surface area contributed by atoms with Crippen molar-refractivity contribution in [2.24, 2.45) is 5.41 Å². The lowest BCUT2D eigenvalue weighted by Gasteiger charge is -2.35. The second-order valence-corrected chi connectivity index (χ2v) is 19.8. The molecule has 4 aromatic carbocycles. The number of thiocarbonyl (C=S) groups is 1. The Morgan fingerprint density at radius 3 is 2.21 bits per heavy atom. The molecular weight excluding hydrogens is 885 g/mol. The largest absolute Gasteiger partial charge is 0.491 e. The molecule has 3 heterocycles. The number of aliphatic hydroxyl groups is 1. The van der Waals surface area contributed by atoms with Crippen molar-refractivity contribution >= 4 is 69.2 Å². The zero-order valence-corrected chi connectivity index (χ0v) is 40.5. The number of aliphatic hydroxyl groups excluding tert-OH is 1. The van der Waals surface area contributed by atoms with Crippen molar-refractivity contribution in [1.82, 2.24) is 15.2 Å². The number of ketones is 1. The van der Waals surface area contributed by atoms with Crippen molar-refractivity contribution in [1.29, 1.82) is 0 Å². The average molecular weight is 941 g/mol. The van der Waals surface area contributed by atoms with Crippen LogP contribution in [0.25, 0.3) is 26.4 Å². The number of β-amino-alcohol motifs (C(OH)–C–C–N with tert-alkyl or cyclic N) is 1. The molecule has 0 radical (unpaired) electrons. The second kappa shape index (κ2) is 20.3. The third-order valence-corrected chi connectivity index (χ3v) is 13.6. The molecule has 5 aromatic rings. The number of anilines is 2. The van der Waals surface area contributed by atoms with E-state index in [0.29, 0.717) is 28.7 Å². The summed E-state index contributed by atoms with van der Waals surface area (Å²) in [6.45, 7) is 20.4. The van der Waals surface area contributed by atoms with Crippen LogP contribution >= 0.6 is 23.6 Å². The number of aromatic nitrogens is 1. The molecule has 2 saturated heterocycles. The molecule has 2 aliphatic rings. The molecule has 3 atom stereocenters. The van der Waals surface area contributed by atoms with Gasteiger partial charge in [0.15, 0.2) is 16.6 Å². The number of benzene rings is 4. The van der Waals surface area contributed by atoms with Crippen molar-refractivity contribution < 1.29 is 33.8 Å². The van der Waals surface area contributed by atoms with Crippen LogP contribution in [-0.4, -0.2) is 93.7 Å². The van der Waals surface area contributed by atoms with E-state index in [2.05, 4.69) is 15.1 Å². The first-order valence-corrected chi connectivity index (χ1v) is 23.5. The van der Waals surface area contributed by atoms with Crippen molar-refractivity contribution in [3.63, 3.8) is 0 Å². The topological polar surface area (TPSA) is 146 Å². The summed E-state index contributed by atoms with van der Waals surface area (Å²) >= 11 is 7.44. The number of hydrogen-bond donors (Lipinski definition) is 2. The first-order chi connectivity index (χ1) is 31.9. The standard InChI is InChI=1S/C52H56N6O7S2/c1-32-27-39(20-23-42(32)53-8)57-49(63)52(6,7)58(50(57)66)38-18-14-35(15-19-38)36-16-21-41(22-17-36)65-26-25-64-30-45(61)55-47(51(3,4)5)48(62)56-29-40(59)28-43(56)44(60)24-11-34-9-12-37(13-10-34)46-33(2)54-31-67-46/h9-10,12-23,27,31,40,43,47,59H,11,24-26,28-30H2,1-7H3,(H,55,61)/t40-,43+,47-/m1/s1. The van der Waals surface area contributed by atoms with Crippen LogP contribution in [0.3, 0.4) is 0 Å². The molecule has 3 amide bonds. The molecule has 0 aliphatic carbocycles. The van der Waals surface area contributed by atoms with Crippen LogP contribution in [-0.2, 0) is 30.3 Å². The van der Waals surface area contributed by atoms with Crippen molar-refractivity contribution in [3.8, 4) is 27.3 Å². The summed E-state index contributed by atoms with van der Waals surface area (Å²) in [5.41, 5.74) is 7.85. The fraction of sp³-hybridized carbons (Fsp3) is 0.365. The molecule has 2 N–H and O–H groups in total. The molecule has 7 rings (SSSR count). The van der Waals surface area contributed by atoms with Gasteiger partial charge in [0, 0.05) is 30.8 Å².